The Morgan fingerprint density at radius 3 is 2.79 bits per heavy atom. The molecule has 24 heavy (non-hydrogen) atoms. The molecule has 3 rings (SSSR count). The van der Waals surface area contributed by atoms with Crippen molar-refractivity contribution in [3.8, 4) is 11.5 Å². The Labute approximate surface area is 158 Å². The van der Waals surface area contributed by atoms with Crippen molar-refractivity contribution >= 4 is 35.6 Å². The largest absolute Gasteiger partial charge is 0.490 e. The number of rotatable bonds is 3. The lowest BCUT2D eigenvalue weighted by Gasteiger charge is -2.13. The van der Waals surface area contributed by atoms with Gasteiger partial charge in [0.15, 0.2) is 17.5 Å². The molecule has 0 fully saturated rings. The zero-order valence-electron chi connectivity index (χ0n) is 13.8. The highest BCUT2D eigenvalue weighted by atomic mass is 127. The minimum atomic E-state index is 0. The third-order valence-corrected chi connectivity index (χ3v) is 3.45. The van der Waals surface area contributed by atoms with Crippen LogP contribution in [-0.4, -0.2) is 36.0 Å². The molecule has 8 heteroatoms. The second-order valence-corrected chi connectivity index (χ2v) is 5.29. The molecule has 2 heterocycles. The van der Waals surface area contributed by atoms with E-state index < -0.39 is 0 Å². The number of hydrogen-bond acceptors (Lipinski definition) is 4. The van der Waals surface area contributed by atoms with E-state index in [0.29, 0.717) is 25.7 Å². The van der Waals surface area contributed by atoms with Crippen LogP contribution < -0.4 is 20.1 Å². The van der Waals surface area contributed by atoms with Gasteiger partial charge in [0.1, 0.15) is 0 Å². The third kappa shape index (κ3) is 4.76. The predicted octanol–water partition coefficient (Wildman–Crippen LogP) is 2.39. The first-order valence-corrected chi connectivity index (χ1v) is 7.59. The number of aliphatic imine (C=N–C) groups is 1. The summed E-state index contributed by atoms with van der Waals surface area (Å²) in [6.07, 6.45) is 4.69. The number of ether oxygens (including phenoxy) is 2. The summed E-state index contributed by atoms with van der Waals surface area (Å²) in [5.41, 5.74) is 1.99. The summed E-state index contributed by atoms with van der Waals surface area (Å²) < 4.78 is 13.1. The van der Waals surface area contributed by atoms with E-state index in [2.05, 4.69) is 20.7 Å². The van der Waals surface area contributed by atoms with Gasteiger partial charge in [-0.1, -0.05) is 0 Å². The van der Waals surface area contributed by atoms with Crippen molar-refractivity contribution in [1.82, 2.24) is 15.1 Å². The van der Waals surface area contributed by atoms with Crippen molar-refractivity contribution in [3.05, 3.63) is 36.2 Å². The van der Waals surface area contributed by atoms with E-state index >= 15 is 0 Å². The maximum Gasteiger partial charge on any atom is 0.195 e. The van der Waals surface area contributed by atoms with Crippen molar-refractivity contribution in [2.45, 2.75) is 13.0 Å². The lowest BCUT2D eigenvalue weighted by atomic mass is 10.2. The zero-order valence-corrected chi connectivity index (χ0v) is 16.1. The Balaban J connectivity index is 0.00000208. The van der Waals surface area contributed by atoms with E-state index in [1.807, 2.05) is 37.6 Å². The highest BCUT2D eigenvalue weighted by Crippen LogP contribution is 2.32. The van der Waals surface area contributed by atoms with Gasteiger partial charge in [0.05, 0.1) is 19.4 Å². The van der Waals surface area contributed by atoms with Gasteiger partial charge in [-0.2, -0.15) is 5.10 Å². The number of aryl methyl sites for hydroxylation is 1. The number of hydrogen-bond donors (Lipinski definition) is 2. The van der Waals surface area contributed by atoms with Gasteiger partial charge in [0.2, 0.25) is 0 Å². The minimum Gasteiger partial charge on any atom is -0.490 e. The smallest absolute Gasteiger partial charge is 0.195 e. The first-order chi connectivity index (χ1) is 11.2. The van der Waals surface area contributed by atoms with Gasteiger partial charge in [-0.25, -0.2) is 0 Å². The number of fused-ring (bicyclic) bond motifs is 1. The second kappa shape index (κ2) is 8.76. The summed E-state index contributed by atoms with van der Waals surface area (Å²) in [7, 11) is 3.63. The molecule has 0 atom stereocenters. The summed E-state index contributed by atoms with van der Waals surface area (Å²) in [5, 5.41) is 10.7. The first kappa shape index (κ1) is 18.4. The Morgan fingerprint density at radius 1 is 1.29 bits per heavy atom. The number of halogens is 1. The van der Waals surface area contributed by atoms with E-state index in [4.69, 9.17) is 9.47 Å². The van der Waals surface area contributed by atoms with E-state index in [0.717, 1.165) is 29.2 Å². The Morgan fingerprint density at radius 2 is 2.08 bits per heavy atom. The molecule has 1 aliphatic rings. The fourth-order valence-electron chi connectivity index (χ4n) is 2.31. The normalized spacial score (nSPS) is 13.7. The van der Waals surface area contributed by atoms with E-state index in [-0.39, 0.29) is 24.0 Å². The fraction of sp³-hybridized carbons (Fsp3) is 0.375. The molecule has 1 aromatic carbocycles. The van der Waals surface area contributed by atoms with Crippen LogP contribution in [-0.2, 0) is 13.6 Å². The third-order valence-electron chi connectivity index (χ3n) is 3.45. The van der Waals surface area contributed by atoms with Crippen molar-refractivity contribution < 1.29 is 9.47 Å². The quantitative estimate of drug-likeness (QED) is 0.433. The molecule has 2 aromatic rings. The van der Waals surface area contributed by atoms with Crippen molar-refractivity contribution in [2.75, 3.05) is 25.6 Å². The topological polar surface area (TPSA) is 72.7 Å². The molecule has 0 saturated carbocycles. The molecule has 0 saturated heterocycles. The van der Waals surface area contributed by atoms with Gasteiger partial charge in [-0.3, -0.25) is 9.67 Å². The van der Waals surface area contributed by atoms with E-state index in [9.17, 15) is 0 Å². The van der Waals surface area contributed by atoms with Gasteiger partial charge in [0.25, 0.3) is 0 Å². The van der Waals surface area contributed by atoms with Crippen LogP contribution >= 0.6 is 24.0 Å². The zero-order chi connectivity index (χ0) is 16.1. The van der Waals surface area contributed by atoms with Crippen LogP contribution in [0.25, 0.3) is 0 Å². The summed E-state index contributed by atoms with van der Waals surface area (Å²) in [5.74, 6) is 2.23. The molecule has 0 radical (unpaired) electrons. The molecule has 7 nitrogen and oxygen atoms in total. The first-order valence-electron chi connectivity index (χ1n) is 7.59. The molecule has 130 valence electrons. The number of aromatic nitrogens is 2. The molecule has 0 unspecified atom stereocenters. The number of nitrogens with one attached hydrogen (secondary N) is 2. The molecule has 1 aliphatic heterocycles. The van der Waals surface area contributed by atoms with Crippen LogP contribution in [0.5, 0.6) is 11.5 Å². The van der Waals surface area contributed by atoms with Crippen LogP contribution in [0.4, 0.5) is 5.69 Å². The standard InChI is InChI=1S/C16H21N5O2.HI/c1-17-16(18-9-12-10-19-21(2)11-12)20-13-4-5-14-15(8-13)23-7-3-6-22-14;/h4-5,8,10-11H,3,6-7,9H2,1-2H3,(H2,17,18,20);1H. The minimum absolute atomic E-state index is 0. The van der Waals surface area contributed by atoms with Crippen molar-refractivity contribution in [2.24, 2.45) is 12.0 Å². The molecule has 0 amide bonds. The fourth-order valence-corrected chi connectivity index (χ4v) is 2.31. The summed E-state index contributed by atoms with van der Waals surface area (Å²) in [6, 6.07) is 5.79. The molecular formula is C16H22IN5O2. The SMILES string of the molecule is CN=C(NCc1cnn(C)c1)Nc1ccc2c(c1)OCCCO2.I. The van der Waals surface area contributed by atoms with Gasteiger partial charge in [-0.05, 0) is 12.1 Å². The molecular weight excluding hydrogens is 421 g/mol. The van der Waals surface area contributed by atoms with Crippen molar-refractivity contribution in [1.29, 1.82) is 0 Å². The molecule has 0 bridgehead atoms. The number of guanidine groups is 1. The molecule has 2 N–H and O–H groups in total. The lowest BCUT2D eigenvalue weighted by Crippen LogP contribution is -2.30. The van der Waals surface area contributed by atoms with E-state index in [1.54, 1.807) is 11.7 Å². The second-order valence-electron chi connectivity index (χ2n) is 5.29. The Kier molecular flexibility index (Phi) is 6.71. The van der Waals surface area contributed by atoms with Crippen LogP contribution in [0.3, 0.4) is 0 Å². The number of anilines is 1. The average Bonchev–Trinajstić information content (AvgIpc) is 2.83. The predicted molar refractivity (Wildman–Crippen MR) is 104 cm³/mol. The monoisotopic (exact) mass is 443 g/mol. The highest BCUT2D eigenvalue weighted by molar-refractivity contribution is 14.0. The number of nitrogens with zero attached hydrogens (tertiary/aromatic N) is 3. The Hall–Kier alpha value is -1.97. The summed E-state index contributed by atoms with van der Waals surface area (Å²) in [6.45, 7) is 2.01. The highest BCUT2D eigenvalue weighted by Gasteiger charge is 2.11. The van der Waals surface area contributed by atoms with Crippen LogP contribution in [0.1, 0.15) is 12.0 Å². The van der Waals surface area contributed by atoms with E-state index in [1.165, 1.54) is 0 Å². The maximum atomic E-state index is 5.70. The summed E-state index contributed by atoms with van der Waals surface area (Å²) in [4.78, 5) is 4.23. The van der Waals surface area contributed by atoms with Gasteiger partial charge in [-0.15, -0.1) is 24.0 Å². The maximum absolute atomic E-state index is 5.70. The lowest BCUT2D eigenvalue weighted by molar-refractivity contribution is 0.297. The average molecular weight is 443 g/mol. The molecule has 0 spiro atoms. The van der Waals surface area contributed by atoms with Gasteiger partial charge in [0, 0.05) is 50.6 Å². The summed E-state index contributed by atoms with van der Waals surface area (Å²) >= 11 is 0. The Bertz CT molecular complexity index is 702. The molecule has 1 aromatic heterocycles. The van der Waals surface area contributed by atoms with Crippen LogP contribution in [0.15, 0.2) is 35.6 Å². The van der Waals surface area contributed by atoms with Gasteiger partial charge >= 0.3 is 0 Å². The van der Waals surface area contributed by atoms with Crippen molar-refractivity contribution in [3.63, 3.8) is 0 Å². The van der Waals surface area contributed by atoms with Crippen LogP contribution in [0.2, 0.25) is 0 Å². The van der Waals surface area contributed by atoms with Crippen LogP contribution in [0, 0.1) is 0 Å². The molecule has 0 aliphatic carbocycles. The van der Waals surface area contributed by atoms with Gasteiger partial charge < -0.3 is 20.1 Å². The number of benzene rings is 1.